The van der Waals surface area contributed by atoms with E-state index in [1.54, 1.807) is 24.3 Å². The molecule has 0 saturated heterocycles. The molecule has 6 heteroatoms. The second-order valence-electron chi connectivity index (χ2n) is 8.00. The lowest BCUT2D eigenvalue weighted by Crippen LogP contribution is -2.17. The van der Waals surface area contributed by atoms with Crippen LogP contribution in [-0.2, 0) is 20.7 Å². The van der Waals surface area contributed by atoms with Crippen molar-refractivity contribution in [2.24, 2.45) is 0 Å². The van der Waals surface area contributed by atoms with Crippen LogP contribution >= 0.6 is 0 Å². The van der Waals surface area contributed by atoms with Crippen LogP contribution in [-0.4, -0.2) is 19.3 Å². The highest BCUT2D eigenvalue weighted by molar-refractivity contribution is 7.95. The molecule has 0 radical (unpaired) electrons. The van der Waals surface area contributed by atoms with Gasteiger partial charge in [0.1, 0.15) is 22.5 Å². The predicted molar refractivity (Wildman–Crippen MR) is 98.5 cm³/mol. The first kappa shape index (κ1) is 20.7. The van der Waals surface area contributed by atoms with Gasteiger partial charge in [-0.3, -0.25) is 0 Å². The van der Waals surface area contributed by atoms with Crippen LogP contribution < -0.4 is 0 Å². The van der Waals surface area contributed by atoms with Gasteiger partial charge in [-0.25, -0.2) is 8.42 Å². The summed E-state index contributed by atoms with van der Waals surface area (Å²) in [5.41, 5.74) is 1.10. The van der Waals surface area contributed by atoms with Gasteiger partial charge in [-0.05, 0) is 34.6 Å². The van der Waals surface area contributed by atoms with E-state index in [0.717, 1.165) is 0 Å². The van der Waals surface area contributed by atoms with Crippen molar-refractivity contribution in [3.63, 3.8) is 0 Å². The van der Waals surface area contributed by atoms with Gasteiger partial charge in [-0.1, -0.05) is 41.5 Å². The molecular weight excluding hydrogens is 336 g/mol. The van der Waals surface area contributed by atoms with E-state index in [1.165, 1.54) is 6.08 Å². The Bertz CT molecular complexity index is 850. The highest BCUT2D eigenvalue weighted by atomic mass is 32.2. The fourth-order valence-corrected chi connectivity index (χ4v) is 3.17. The maximum Gasteiger partial charge on any atom is 0.201 e. The summed E-state index contributed by atoms with van der Waals surface area (Å²) in [5, 5.41) is 28.5. The normalized spacial score (nSPS) is 13.2. The number of aromatic hydroxyl groups is 1. The third-order valence-electron chi connectivity index (χ3n) is 3.75. The zero-order valence-electron chi connectivity index (χ0n) is 15.5. The van der Waals surface area contributed by atoms with Crippen LogP contribution in [0.4, 0.5) is 0 Å². The molecule has 0 unspecified atom stereocenters. The van der Waals surface area contributed by atoms with Crippen LogP contribution in [0.15, 0.2) is 17.0 Å². The number of nitriles is 2. The minimum absolute atomic E-state index is 0.176. The molecule has 0 amide bonds. The summed E-state index contributed by atoms with van der Waals surface area (Å²) in [5.74, 6) is -0.571. The SMILES string of the molecule is CC(C)(C)c1cc(C=C(C#N)S(=O)(=O)CC#N)cc(C(C)(C)C)c1O. The second kappa shape index (κ2) is 6.90. The van der Waals surface area contributed by atoms with Gasteiger partial charge in [-0.2, -0.15) is 10.5 Å². The molecule has 1 aromatic rings. The first-order valence-electron chi connectivity index (χ1n) is 7.83. The van der Waals surface area contributed by atoms with E-state index < -0.39 is 20.5 Å². The van der Waals surface area contributed by atoms with E-state index in [0.29, 0.717) is 16.7 Å². The molecule has 0 aliphatic carbocycles. The Balaban J connectivity index is 3.76. The van der Waals surface area contributed by atoms with Crippen molar-refractivity contribution in [3.05, 3.63) is 33.7 Å². The minimum Gasteiger partial charge on any atom is -0.507 e. The minimum atomic E-state index is -3.95. The van der Waals surface area contributed by atoms with Crippen LogP contribution in [0.5, 0.6) is 5.75 Å². The molecule has 1 aromatic carbocycles. The summed E-state index contributed by atoms with van der Waals surface area (Å²) in [6.45, 7) is 11.7. The molecule has 0 aliphatic heterocycles. The van der Waals surface area contributed by atoms with Gasteiger partial charge in [0, 0.05) is 11.1 Å². The quantitative estimate of drug-likeness (QED) is 0.826. The third-order valence-corrected chi connectivity index (χ3v) is 5.13. The Hall–Kier alpha value is -2.31. The maximum absolute atomic E-state index is 12.0. The monoisotopic (exact) mass is 360 g/mol. The fraction of sp³-hybridized carbons (Fsp3) is 0.474. The van der Waals surface area contributed by atoms with Gasteiger partial charge in [0.15, 0.2) is 0 Å². The van der Waals surface area contributed by atoms with Crippen LogP contribution in [0.2, 0.25) is 0 Å². The maximum atomic E-state index is 12.0. The van der Waals surface area contributed by atoms with Crippen LogP contribution in [0, 0.1) is 22.7 Å². The number of hydrogen-bond acceptors (Lipinski definition) is 5. The summed E-state index contributed by atoms with van der Waals surface area (Å²) in [6.07, 6.45) is 1.26. The Morgan fingerprint density at radius 2 is 1.52 bits per heavy atom. The smallest absolute Gasteiger partial charge is 0.201 e. The van der Waals surface area contributed by atoms with E-state index in [9.17, 15) is 18.8 Å². The molecule has 0 spiro atoms. The first-order chi connectivity index (χ1) is 11.2. The zero-order chi connectivity index (χ0) is 19.6. The van der Waals surface area contributed by atoms with Gasteiger partial charge < -0.3 is 5.11 Å². The highest BCUT2D eigenvalue weighted by Gasteiger charge is 2.27. The number of phenols is 1. The second-order valence-corrected chi connectivity index (χ2v) is 9.96. The van der Waals surface area contributed by atoms with Gasteiger partial charge in [0.2, 0.25) is 9.84 Å². The van der Waals surface area contributed by atoms with E-state index in [4.69, 9.17) is 5.26 Å². The Kier molecular flexibility index (Phi) is 5.72. The number of allylic oxidation sites excluding steroid dienone is 1. The average Bonchev–Trinajstić information content (AvgIpc) is 2.43. The van der Waals surface area contributed by atoms with Crippen molar-refractivity contribution < 1.29 is 13.5 Å². The Labute approximate surface area is 150 Å². The van der Waals surface area contributed by atoms with Crippen molar-refractivity contribution in [2.75, 3.05) is 5.75 Å². The Morgan fingerprint density at radius 1 is 1.08 bits per heavy atom. The summed E-state index contributed by atoms with van der Waals surface area (Å²) in [4.78, 5) is -0.459. The first-order valence-corrected chi connectivity index (χ1v) is 9.48. The molecule has 1 N–H and O–H groups in total. The summed E-state index contributed by atoms with van der Waals surface area (Å²) < 4.78 is 24.1. The third kappa shape index (κ3) is 4.84. The molecule has 0 heterocycles. The molecule has 0 bridgehead atoms. The average molecular weight is 360 g/mol. The lowest BCUT2D eigenvalue weighted by Gasteiger charge is -2.28. The fourth-order valence-electron chi connectivity index (χ4n) is 2.39. The molecule has 134 valence electrons. The van der Waals surface area contributed by atoms with Crippen LogP contribution in [0.1, 0.15) is 58.2 Å². The van der Waals surface area contributed by atoms with E-state index in [-0.39, 0.29) is 16.6 Å². The van der Waals surface area contributed by atoms with Gasteiger partial charge in [0.25, 0.3) is 0 Å². The lowest BCUT2D eigenvalue weighted by atomic mass is 9.78. The van der Waals surface area contributed by atoms with E-state index in [2.05, 4.69) is 0 Å². The van der Waals surface area contributed by atoms with Crippen LogP contribution in [0.25, 0.3) is 6.08 Å². The molecule has 1 rings (SSSR count). The lowest BCUT2D eigenvalue weighted by molar-refractivity contribution is 0.423. The van der Waals surface area contributed by atoms with Crippen molar-refractivity contribution in [2.45, 2.75) is 52.4 Å². The molecule has 0 saturated carbocycles. The molecule has 0 atom stereocenters. The number of benzene rings is 1. The largest absolute Gasteiger partial charge is 0.507 e. The van der Waals surface area contributed by atoms with E-state index in [1.807, 2.05) is 41.5 Å². The highest BCUT2D eigenvalue weighted by Crippen LogP contribution is 2.40. The zero-order valence-corrected chi connectivity index (χ0v) is 16.3. The topological polar surface area (TPSA) is 102 Å². The van der Waals surface area contributed by atoms with Gasteiger partial charge >= 0.3 is 0 Å². The van der Waals surface area contributed by atoms with Gasteiger partial charge in [0.05, 0.1) is 6.07 Å². The number of sulfone groups is 1. The Morgan fingerprint density at radius 3 is 1.84 bits per heavy atom. The van der Waals surface area contributed by atoms with Crippen molar-refractivity contribution in [1.82, 2.24) is 0 Å². The van der Waals surface area contributed by atoms with Crippen molar-refractivity contribution >= 4 is 15.9 Å². The summed E-state index contributed by atoms with van der Waals surface area (Å²) in [6, 6.07) is 6.60. The molecular formula is C19H24N2O3S. The standard InChI is InChI=1S/C19H24N2O3S/c1-18(2,3)15-10-13(11-16(17(15)22)19(4,5)6)9-14(12-21)25(23,24)8-7-20/h9-11,22H,8H2,1-6H3. The van der Waals surface area contributed by atoms with Crippen molar-refractivity contribution in [1.29, 1.82) is 10.5 Å². The summed E-state index contributed by atoms with van der Waals surface area (Å²) in [7, 11) is -3.95. The number of hydrogen-bond donors (Lipinski definition) is 1. The van der Waals surface area contributed by atoms with Gasteiger partial charge in [-0.15, -0.1) is 0 Å². The van der Waals surface area contributed by atoms with Crippen molar-refractivity contribution in [3.8, 4) is 17.9 Å². The number of phenolic OH excluding ortho intramolecular Hbond substituents is 1. The number of rotatable bonds is 3. The predicted octanol–water partition coefficient (Wildman–Crippen LogP) is 3.79. The molecule has 0 fully saturated rings. The molecule has 0 aromatic heterocycles. The summed E-state index contributed by atoms with van der Waals surface area (Å²) >= 11 is 0. The molecule has 25 heavy (non-hydrogen) atoms. The number of nitrogens with zero attached hydrogens (tertiary/aromatic N) is 2. The van der Waals surface area contributed by atoms with Crippen LogP contribution in [0.3, 0.4) is 0 Å². The molecule has 5 nitrogen and oxygen atoms in total. The van der Waals surface area contributed by atoms with E-state index >= 15 is 0 Å². The molecule has 0 aliphatic rings.